The number of thiol groups is 1. The van der Waals surface area contributed by atoms with Gasteiger partial charge in [0.15, 0.2) is 5.82 Å². The molecule has 0 aliphatic heterocycles. The molecule has 0 aliphatic rings. The van der Waals surface area contributed by atoms with E-state index >= 15 is 0 Å². The van der Waals surface area contributed by atoms with Crippen molar-refractivity contribution in [3.63, 3.8) is 0 Å². The summed E-state index contributed by atoms with van der Waals surface area (Å²) in [6.07, 6.45) is 0.817. The Morgan fingerprint density at radius 3 is 2.78 bits per heavy atom. The normalized spacial score (nSPS) is 10.0. The Morgan fingerprint density at radius 1 is 1.67 bits per heavy atom. The Balaban J connectivity index is 2.74. The monoisotopic (exact) mass is 144 g/mol. The molecule has 0 aromatic carbocycles. The standard InChI is InChI=1S/C5H8N2OS/c1-2-4-6-5(3-9)8-7-4/h9H,2-3H2,1H3. The molecule has 0 radical (unpaired) electrons. The fraction of sp³-hybridized carbons (Fsp3) is 0.600. The third kappa shape index (κ3) is 1.45. The number of rotatable bonds is 2. The Labute approximate surface area is 58.9 Å². The zero-order chi connectivity index (χ0) is 6.69. The van der Waals surface area contributed by atoms with Crippen LogP contribution < -0.4 is 0 Å². The lowest BCUT2D eigenvalue weighted by Crippen LogP contribution is -1.81. The van der Waals surface area contributed by atoms with Crippen LogP contribution in [-0.4, -0.2) is 10.1 Å². The average molecular weight is 144 g/mol. The molecular formula is C5H8N2OS. The topological polar surface area (TPSA) is 38.9 Å². The van der Waals surface area contributed by atoms with E-state index in [4.69, 9.17) is 4.52 Å². The van der Waals surface area contributed by atoms with Crippen molar-refractivity contribution in [2.24, 2.45) is 0 Å². The predicted molar refractivity (Wildman–Crippen MR) is 36.4 cm³/mol. The number of hydrogen-bond donors (Lipinski definition) is 1. The molecule has 0 atom stereocenters. The molecule has 0 saturated heterocycles. The van der Waals surface area contributed by atoms with Crippen LogP contribution in [0.2, 0.25) is 0 Å². The number of aromatic nitrogens is 2. The number of nitrogens with zero attached hydrogens (tertiary/aromatic N) is 2. The van der Waals surface area contributed by atoms with Crippen molar-refractivity contribution in [3.05, 3.63) is 11.7 Å². The molecule has 0 amide bonds. The van der Waals surface area contributed by atoms with Crippen LogP contribution in [0.1, 0.15) is 18.6 Å². The molecule has 1 heterocycles. The molecule has 0 aliphatic carbocycles. The second kappa shape index (κ2) is 2.87. The van der Waals surface area contributed by atoms with Gasteiger partial charge in [0, 0.05) is 6.42 Å². The summed E-state index contributed by atoms with van der Waals surface area (Å²) in [5.74, 6) is 1.86. The molecule has 0 fully saturated rings. The maximum absolute atomic E-state index is 4.77. The van der Waals surface area contributed by atoms with Gasteiger partial charge in [-0.1, -0.05) is 12.1 Å². The smallest absolute Gasteiger partial charge is 0.236 e. The minimum atomic E-state index is 0.521. The highest BCUT2D eigenvalue weighted by Crippen LogP contribution is 1.99. The van der Waals surface area contributed by atoms with Crippen molar-refractivity contribution < 1.29 is 4.52 Å². The Hall–Kier alpha value is -0.510. The largest absolute Gasteiger partial charge is 0.338 e. The van der Waals surface area contributed by atoms with E-state index in [9.17, 15) is 0 Å². The average Bonchev–Trinajstić information content (AvgIpc) is 2.34. The van der Waals surface area contributed by atoms with Crippen LogP contribution in [0.3, 0.4) is 0 Å². The lowest BCUT2D eigenvalue weighted by molar-refractivity contribution is 0.385. The summed E-state index contributed by atoms with van der Waals surface area (Å²) in [5.41, 5.74) is 0. The second-order valence-corrected chi connectivity index (χ2v) is 1.93. The molecule has 1 rings (SSSR count). The van der Waals surface area contributed by atoms with Crippen molar-refractivity contribution in [1.82, 2.24) is 10.1 Å². The molecule has 1 aromatic heterocycles. The van der Waals surface area contributed by atoms with Gasteiger partial charge in [0.05, 0.1) is 5.75 Å². The van der Waals surface area contributed by atoms with Crippen LogP contribution in [0.4, 0.5) is 0 Å². The minimum Gasteiger partial charge on any atom is -0.338 e. The zero-order valence-electron chi connectivity index (χ0n) is 5.16. The molecule has 0 bridgehead atoms. The predicted octanol–water partition coefficient (Wildman–Crippen LogP) is 1.06. The third-order valence-electron chi connectivity index (χ3n) is 0.962. The lowest BCUT2D eigenvalue weighted by atomic mass is 10.5. The summed E-state index contributed by atoms with van der Waals surface area (Å²) >= 11 is 3.97. The summed E-state index contributed by atoms with van der Waals surface area (Å²) in [4.78, 5) is 3.99. The van der Waals surface area contributed by atoms with E-state index in [0.29, 0.717) is 11.6 Å². The Morgan fingerprint density at radius 2 is 2.44 bits per heavy atom. The highest BCUT2D eigenvalue weighted by atomic mass is 32.1. The summed E-state index contributed by atoms with van der Waals surface area (Å²) in [6, 6.07) is 0. The molecule has 0 unspecified atom stereocenters. The van der Waals surface area contributed by atoms with Gasteiger partial charge in [0.2, 0.25) is 5.89 Å². The van der Waals surface area contributed by atoms with Gasteiger partial charge in [-0.2, -0.15) is 17.6 Å². The van der Waals surface area contributed by atoms with Crippen LogP contribution in [-0.2, 0) is 12.2 Å². The van der Waals surface area contributed by atoms with Crippen molar-refractivity contribution >= 4 is 12.6 Å². The summed E-state index contributed by atoms with van der Waals surface area (Å²) in [6.45, 7) is 1.98. The van der Waals surface area contributed by atoms with E-state index in [1.165, 1.54) is 0 Å². The van der Waals surface area contributed by atoms with Gasteiger partial charge in [-0.15, -0.1) is 0 Å². The van der Waals surface area contributed by atoms with E-state index in [2.05, 4.69) is 22.8 Å². The molecule has 0 saturated carbocycles. The molecule has 4 heteroatoms. The quantitative estimate of drug-likeness (QED) is 0.631. The van der Waals surface area contributed by atoms with Gasteiger partial charge < -0.3 is 4.52 Å². The summed E-state index contributed by atoms with van der Waals surface area (Å²) < 4.78 is 4.77. The Bertz CT molecular complexity index is 168. The summed E-state index contributed by atoms with van der Waals surface area (Å²) in [5, 5.41) is 3.67. The van der Waals surface area contributed by atoms with E-state index in [0.717, 1.165) is 12.2 Å². The van der Waals surface area contributed by atoms with Gasteiger partial charge in [-0.25, -0.2) is 0 Å². The van der Waals surface area contributed by atoms with E-state index in [-0.39, 0.29) is 0 Å². The van der Waals surface area contributed by atoms with Gasteiger partial charge >= 0.3 is 0 Å². The van der Waals surface area contributed by atoms with Crippen LogP contribution in [0.15, 0.2) is 4.52 Å². The van der Waals surface area contributed by atoms with Gasteiger partial charge in [0.1, 0.15) is 0 Å². The molecule has 0 N–H and O–H groups in total. The van der Waals surface area contributed by atoms with Gasteiger partial charge in [-0.05, 0) is 0 Å². The van der Waals surface area contributed by atoms with Crippen molar-refractivity contribution in [3.8, 4) is 0 Å². The fourth-order valence-electron chi connectivity index (χ4n) is 0.498. The summed E-state index contributed by atoms with van der Waals surface area (Å²) in [7, 11) is 0. The molecule has 9 heavy (non-hydrogen) atoms. The molecule has 0 spiro atoms. The SMILES string of the molecule is CCc1noc(CS)n1. The highest BCUT2D eigenvalue weighted by molar-refractivity contribution is 7.79. The van der Waals surface area contributed by atoms with E-state index in [1.807, 2.05) is 6.92 Å². The van der Waals surface area contributed by atoms with Gasteiger partial charge in [0.25, 0.3) is 0 Å². The van der Waals surface area contributed by atoms with Crippen LogP contribution in [0, 0.1) is 0 Å². The molecule has 3 nitrogen and oxygen atoms in total. The third-order valence-corrected chi connectivity index (χ3v) is 1.23. The second-order valence-electron chi connectivity index (χ2n) is 1.62. The molecule has 50 valence electrons. The first-order chi connectivity index (χ1) is 4.36. The van der Waals surface area contributed by atoms with Crippen molar-refractivity contribution in [2.45, 2.75) is 19.1 Å². The lowest BCUT2D eigenvalue weighted by Gasteiger charge is -1.76. The minimum absolute atomic E-state index is 0.521. The number of aryl methyl sites for hydroxylation is 1. The first-order valence-electron chi connectivity index (χ1n) is 2.79. The maximum atomic E-state index is 4.77. The first-order valence-corrected chi connectivity index (χ1v) is 3.42. The highest BCUT2D eigenvalue weighted by Gasteiger charge is 1.99. The van der Waals surface area contributed by atoms with Crippen LogP contribution >= 0.6 is 12.6 Å². The number of hydrogen-bond acceptors (Lipinski definition) is 4. The van der Waals surface area contributed by atoms with Crippen LogP contribution in [0.25, 0.3) is 0 Å². The zero-order valence-corrected chi connectivity index (χ0v) is 6.06. The van der Waals surface area contributed by atoms with Crippen molar-refractivity contribution in [2.75, 3.05) is 0 Å². The maximum Gasteiger partial charge on any atom is 0.236 e. The fourth-order valence-corrected chi connectivity index (χ4v) is 0.626. The van der Waals surface area contributed by atoms with E-state index in [1.54, 1.807) is 0 Å². The first kappa shape index (κ1) is 6.61. The molecule has 1 aromatic rings. The van der Waals surface area contributed by atoms with Gasteiger partial charge in [-0.3, -0.25) is 0 Å². The van der Waals surface area contributed by atoms with Crippen LogP contribution in [0.5, 0.6) is 0 Å². The van der Waals surface area contributed by atoms with Crippen molar-refractivity contribution in [1.29, 1.82) is 0 Å². The Kier molecular flexibility index (Phi) is 2.10. The van der Waals surface area contributed by atoms with E-state index < -0.39 is 0 Å². The molecular weight excluding hydrogens is 136 g/mol.